The van der Waals surface area contributed by atoms with Gasteiger partial charge >= 0.3 is 6.18 Å². The van der Waals surface area contributed by atoms with Crippen molar-refractivity contribution in [1.82, 2.24) is 4.98 Å². The summed E-state index contributed by atoms with van der Waals surface area (Å²) in [5.41, 5.74) is -2.32. The number of nitrogens with zero attached hydrogens (tertiary/aromatic N) is 1. The first kappa shape index (κ1) is 8.40. The van der Waals surface area contributed by atoms with E-state index in [0.29, 0.717) is 6.07 Å². The number of halogens is 5. The van der Waals surface area contributed by atoms with Crippen LogP contribution in [0.25, 0.3) is 0 Å². The summed E-state index contributed by atoms with van der Waals surface area (Å²) >= 11 is 0. The Hall–Kier alpha value is -1.20. The zero-order valence-electron chi connectivity index (χ0n) is 7.07. The molecule has 0 unspecified atom stereocenters. The van der Waals surface area contributed by atoms with Crippen molar-refractivity contribution in [3.8, 4) is 0 Å². The minimum Gasteiger partial charge on any atom is -0.255 e. The zero-order chi connectivity index (χ0) is 10.9. The summed E-state index contributed by atoms with van der Waals surface area (Å²) in [6, 6.07) is 0.634. The molecule has 0 saturated carbocycles. The minimum atomic E-state index is -4.73. The van der Waals surface area contributed by atoms with E-state index in [9.17, 15) is 22.0 Å². The largest absolute Gasteiger partial charge is 0.416 e. The van der Waals surface area contributed by atoms with Crippen molar-refractivity contribution in [2.75, 3.05) is 0 Å². The van der Waals surface area contributed by atoms with Crippen molar-refractivity contribution in [3.63, 3.8) is 0 Å². The summed E-state index contributed by atoms with van der Waals surface area (Å²) in [6.45, 7) is 0. The molecule has 1 aromatic rings. The van der Waals surface area contributed by atoms with Gasteiger partial charge in [0.15, 0.2) is 0 Å². The molecular weight excluding hydrogens is 193 g/mol. The van der Waals surface area contributed by atoms with Crippen molar-refractivity contribution in [2.24, 2.45) is 0 Å². The molecule has 0 aliphatic rings. The van der Waals surface area contributed by atoms with E-state index in [2.05, 4.69) is 4.98 Å². The molecule has 0 amide bonds. The van der Waals surface area contributed by atoms with Gasteiger partial charge < -0.3 is 0 Å². The molecule has 0 saturated heterocycles. The standard InChI is InChI=1S/C7H4F5N/c8-6(9)5-3-4(1-2-13-5)7(10,11)12/h1-3,6H/i2D. The van der Waals surface area contributed by atoms with E-state index in [4.69, 9.17) is 1.37 Å². The lowest BCUT2D eigenvalue weighted by atomic mass is 10.2. The fraction of sp³-hybridized carbons (Fsp3) is 0.286. The van der Waals surface area contributed by atoms with Crippen molar-refractivity contribution >= 4 is 0 Å². The van der Waals surface area contributed by atoms with Gasteiger partial charge in [0.1, 0.15) is 5.69 Å². The smallest absolute Gasteiger partial charge is 0.255 e. The lowest BCUT2D eigenvalue weighted by Crippen LogP contribution is -2.06. The van der Waals surface area contributed by atoms with Gasteiger partial charge in [-0.1, -0.05) is 0 Å². The highest BCUT2D eigenvalue weighted by Gasteiger charge is 2.31. The summed E-state index contributed by atoms with van der Waals surface area (Å²) in [6.07, 6.45) is -8.67. The van der Waals surface area contributed by atoms with E-state index in [0.717, 1.165) is 0 Å². The Kier molecular flexibility index (Phi) is 2.12. The van der Waals surface area contributed by atoms with Crippen molar-refractivity contribution in [1.29, 1.82) is 0 Å². The molecule has 6 heteroatoms. The molecule has 0 bridgehead atoms. The highest BCUT2D eigenvalue weighted by molar-refractivity contribution is 5.19. The monoisotopic (exact) mass is 198 g/mol. The van der Waals surface area contributed by atoms with Crippen LogP contribution in [-0.4, -0.2) is 4.98 Å². The molecule has 0 atom stereocenters. The number of rotatable bonds is 1. The topological polar surface area (TPSA) is 12.9 Å². The molecule has 72 valence electrons. The maximum Gasteiger partial charge on any atom is 0.416 e. The van der Waals surface area contributed by atoms with Crippen molar-refractivity contribution in [2.45, 2.75) is 12.6 Å². The van der Waals surface area contributed by atoms with Crippen molar-refractivity contribution in [3.05, 3.63) is 29.6 Å². The SMILES string of the molecule is [2H]c1cc(C(F)(F)F)cc(C(F)F)n1. The van der Waals surface area contributed by atoms with Crippen molar-refractivity contribution < 1.29 is 23.3 Å². The van der Waals surface area contributed by atoms with Gasteiger partial charge in [0.2, 0.25) is 0 Å². The predicted octanol–water partition coefficient (Wildman–Crippen LogP) is 3.04. The molecule has 0 aromatic carbocycles. The van der Waals surface area contributed by atoms with Crippen LogP contribution in [0.4, 0.5) is 22.0 Å². The molecule has 0 fully saturated rings. The van der Waals surface area contributed by atoms with E-state index in [1.807, 2.05) is 0 Å². The molecule has 1 heterocycles. The van der Waals surface area contributed by atoms with Crippen LogP contribution in [0.2, 0.25) is 0 Å². The van der Waals surface area contributed by atoms with Gasteiger partial charge in [0.05, 0.1) is 6.93 Å². The van der Waals surface area contributed by atoms with Crippen LogP contribution in [0.5, 0.6) is 0 Å². The van der Waals surface area contributed by atoms with Gasteiger partial charge in [-0.05, 0) is 12.1 Å². The number of hydrogen-bond donors (Lipinski definition) is 0. The molecule has 13 heavy (non-hydrogen) atoms. The predicted molar refractivity (Wildman–Crippen MR) is 34.2 cm³/mol. The number of alkyl halides is 5. The second kappa shape index (κ2) is 3.27. The maximum atomic E-state index is 12.1. The van der Waals surface area contributed by atoms with Gasteiger partial charge in [0, 0.05) is 6.17 Å². The van der Waals surface area contributed by atoms with Gasteiger partial charge in [-0.2, -0.15) is 13.2 Å². The summed E-state index contributed by atoms with van der Waals surface area (Å²) < 4.78 is 67.0. The highest BCUT2D eigenvalue weighted by Crippen LogP contribution is 2.30. The fourth-order valence-corrected chi connectivity index (χ4v) is 0.685. The zero-order valence-corrected chi connectivity index (χ0v) is 6.07. The summed E-state index contributed by atoms with van der Waals surface area (Å²) in [5.74, 6) is 0. The Morgan fingerprint density at radius 3 is 2.46 bits per heavy atom. The van der Waals surface area contributed by atoms with Crippen LogP contribution >= 0.6 is 0 Å². The van der Waals surface area contributed by atoms with Crippen LogP contribution < -0.4 is 0 Å². The minimum absolute atomic E-state index is 0.239. The number of hydrogen-bond acceptors (Lipinski definition) is 1. The lowest BCUT2D eigenvalue weighted by Gasteiger charge is -2.06. The normalized spacial score (nSPS) is 13.2. The maximum absolute atomic E-state index is 12.1. The molecule has 1 rings (SSSR count). The molecular formula is C7H4F5N. The average molecular weight is 198 g/mol. The van der Waals surface area contributed by atoms with Crippen LogP contribution in [0, 0.1) is 0 Å². The molecule has 0 spiro atoms. The first-order valence-electron chi connectivity index (χ1n) is 3.64. The quantitative estimate of drug-likeness (QED) is 0.632. The van der Waals surface area contributed by atoms with Crippen LogP contribution in [0.15, 0.2) is 18.3 Å². The summed E-state index contributed by atoms with van der Waals surface area (Å²) in [5, 5.41) is 0. The first-order valence-corrected chi connectivity index (χ1v) is 3.14. The van der Waals surface area contributed by atoms with Gasteiger partial charge in [0.25, 0.3) is 6.43 Å². The summed E-state index contributed by atoms with van der Waals surface area (Å²) in [4.78, 5) is 2.96. The molecule has 0 aliphatic carbocycles. The number of aromatic nitrogens is 1. The summed E-state index contributed by atoms with van der Waals surface area (Å²) in [7, 11) is 0. The molecule has 1 aromatic heterocycles. The van der Waals surface area contributed by atoms with E-state index in [-0.39, 0.29) is 6.07 Å². The number of pyridine rings is 1. The van der Waals surface area contributed by atoms with Gasteiger partial charge in [-0.15, -0.1) is 0 Å². The van der Waals surface area contributed by atoms with Crippen LogP contribution in [0.1, 0.15) is 19.1 Å². The van der Waals surface area contributed by atoms with E-state index < -0.39 is 30.0 Å². The fourth-order valence-electron chi connectivity index (χ4n) is 0.685. The molecule has 0 N–H and O–H groups in total. The van der Waals surface area contributed by atoms with Crippen LogP contribution in [-0.2, 0) is 6.18 Å². The van der Waals surface area contributed by atoms with Gasteiger partial charge in [-0.25, -0.2) is 8.78 Å². The Labute approximate surface area is 71.6 Å². The first-order chi connectivity index (χ1) is 6.30. The van der Waals surface area contributed by atoms with E-state index in [1.165, 1.54) is 0 Å². The molecule has 1 nitrogen and oxygen atoms in total. The van der Waals surface area contributed by atoms with Gasteiger partial charge in [-0.3, -0.25) is 4.98 Å². The van der Waals surface area contributed by atoms with E-state index >= 15 is 0 Å². The second-order valence-electron chi connectivity index (χ2n) is 2.21. The Morgan fingerprint density at radius 2 is 2.00 bits per heavy atom. The lowest BCUT2D eigenvalue weighted by molar-refractivity contribution is -0.137. The Balaban J connectivity index is 3.21. The molecule has 0 aliphatic heterocycles. The highest BCUT2D eigenvalue weighted by atomic mass is 19.4. The third kappa shape index (κ3) is 2.37. The van der Waals surface area contributed by atoms with E-state index in [1.54, 1.807) is 0 Å². The second-order valence-corrected chi connectivity index (χ2v) is 2.21. The van der Waals surface area contributed by atoms with Crippen LogP contribution in [0.3, 0.4) is 0 Å². The third-order valence-corrected chi connectivity index (χ3v) is 1.27. The molecule has 0 radical (unpaired) electrons. The Bertz CT molecular complexity index is 335. The average Bonchev–Trinajstić information content (AvgIpc) is 2.01. The third-order valence-electron chi connectivity index (χ3n) is 1.27. The Morgan fingerprint density at radius 1 is 1.38 bits per heavy atom.